The van der Waals surface area contributed by atoms with Crippen molar-refractivity contribution in [3.63, 3.8) is 0 Å². The van der Waals surface area contributed by atoms with E-state index in [2.05, 4.69) is 11.4 Å². The van der Waals surface area contributed by atoms with E-state index >= 15 is 0 Å². The number of anilines is 1. The van der Waals surface area contributed by atoms with E-state index < -0.39 is 0 Å². The fourth-order valence-electron chi connectivity index (χ4n) is 4.36. The molecule has 0 saturated carbocycles. The number of rotatable bonds is 7. The first-order chi connectivity index (χ1) is 18.1. The fourth-order valence-corrected chi connectivity index (χ4v) is 4.36. The van der Waals surface area contributed by atoms with Gasteiger partial charge in [-0.3, -0.25) is 14.5 Å². The van der Waals surface area contributed by atoms with Crippen LogP contribution in [0.2, 0.25) is 0 Å². The van der Waals surface area contributed by atoms with Crippen molar-refractivity contribution in [1.82, 2.24) is 5.32 Å². The third-order valence-corrected chi connectivity index (χ3v) is 6.27. The van der Waals surface area contributed by atoms with E-state index in [4.69, 9.17) is 4.74 Å². The van der Waals surface area contributed by atoms with Crippen molar-refractivity contribution >= 4 is 23.6 Å². The molecule has 0 aromatic heterocycles. The molecule has 4 aromatic rings. The molecule has 4 aromatic carbocycles. The zero-order valence-electron chi connectivity index (χ0n) is 20.7. The van der Waals surface area contributed by atoms with Crippen molar-refractivity contribution in [3.05, 3.63) is 137 Å². The first kappa shape index (κ1) is 24.1. The molecule has 0 spiro atoms. The van der Waals surface area contributed by atoms with Crippen LogP contribution < -0.4 is 15.0 Å². The monoisotopic (exact) mass is 488 g/mol. The van der Waals surface area contributed by atoms with Gasteiger partial charge >= 0.3 is 0 Å². The van der Waals surface area contributed by atoms with Gasteiger partial charge in [0, 0.05) is 12.1 Å². The van der Waals surface area contributed by atoms with Gasteiger partial charge in [-0.25, -0.2) is 0 Å². The average Bonchev–Trinajstić information content (AvgIpc) is 2.92. The summed E-state index contributed by atoms with van der Waals surface area (Å²) in [7, 11) is 0. The summed E-state index contributed by atoms with van der Waals surface area (Å²) in [6, 6.07) is 32.9. The van der Waals surface area contributed by atoms with Crippen LogP contribution in [0, 0.1) is 6.92 Å². The van der Waals surface area contributed by atoms with E-state index in [-0.39, 0.29) is 17.6 Å². The van der Waals surface area contributed by atoms with Gasteiger partial charge in [-0.2, -0.15) is 0 Å². The lowest BCUT2D eigenvalue weighted by Gasteiger charge is -2.30. The molecule has 5 nitrogen and oxygen atoms in total. The quantitative estimate of drug-likeness (QED) is 0.328. The second-order valence-electron chi connectivity index (χ2n) is 9.07. The Morgan fingerprint density at radius 1 is 0.865 bits per heavy atom. The molecule has 0 atom stereocenters. The number of para-hydroxylation sites is 2. The Kier molecular flexibility index (Phi) is 7.13. The zero-order chi connectivity index (χ0) is 25.6. The van der Waals surface area contributed by atoms with Crippen molar-refractivity contribution < 1.29 is 14.3 Å². The van der Waals surface area contributed by atoms with E-state index in [1.165, 1.54) is 5.56 Å². The van der Waals surface area contributed by atoms with Crippen molar-refractivity contribution in [3.8, 4) is 5.75 Å². The van der Waals surface area contributed by atoms with Crippen LogP contribution in [0.25, 0.3) is 6.08 Å². The summed E-state index contributed by atoms with van der Waals surface area (Å²) in [4.78, 5) is 27.8. The molecule has 0 aliphatic carbocycles. The first-order valence-corrected chi connectivity index (χ1v) is 12.3. The van der Waals surface area contributed by atoms with Crippen LogP contribution >= 0.6 is 0 Å². The van der Waals surface area contributed by atoms with Crippen LogP contribution in [-0.2, 0) is 17.8 Å². The molecule has 5 heteroatoms. The maximum absolute atomic E-state index is 13.5. The zero-order valence-corrected chi connectivity index (χ0v) is 20.7. The van der Waals surface area contributed by atoms with Crippen LogP contribution in [0.5, 0.6) is 5.75 Å². The molecule has 0 saturated heterocycles. The molecule has 184 valence electrons. The van der Waals surface area contributed by atoms with Crippen LogP contribution in [0.1, 0.15) is 32.6 Å². The Bertz CT molecular complexity index is 1440. The standard InChI is InChI=1S/C32H28N2O3/c1-23-8-7-11-26(20-23)22-34-28-12-5-6-13-29(28)37-30(32(34)36)21-25-14-16-27(17-15-25)31(35)33-19-18-24-9-3-2-4-10-24/h2-17,20-21H,18-19,22H2,1H3,(H,33,35). The highest BCUT2D eigenvalue weighted by molar-refractivity contribution is 6.09. The number of nitrogens with zero attached hydrogens (tertiary/aromatic N) is 1. The molecule has 2 amide bonds. The number of amides is 2. The van der Waals surface area contributed by atoms with Crippen LogP contribution in [0.3, 0.4) is 0 Å². The maximum Gasteiger partial charge on any atom is 0.294 e. The number of hydrogen-bond donors (Lipinski definition) is 1. The number of benzene rings is 4. The van der Waals surface area contributed by atoms with Gasteiger partial charge in [0.05, 0.1) is 12.2 Å². The Labute approximate surface area is 217 Å². The topological polar surface area (TPSA) is 58.6 Å². The van der Waals surface area contributed by atoms with Crippen LogP contribution in [0.4, 0.5) is 5.69 Å². The highest BCUT2D eigenvalue weighted by Gasteiger charge is 2.30. The summed E-state index contributed by atoms with van der Waals surface area (Å²) in [5.74, 6) is 0.545. The fraction of sp³-hybridized carbons (Fsp3) is 0.125. The molecule has 0 bridgehead atoms. The predicted molar refractivity (Wildman–Crippen MR) is 146 cm³/mol. The van der Waals surface area contributed by atoms with E-state index in [1.807, 2.05) is 91.9 Å². The number of nitrogens with one attached hydrogen (secondary N) is 1. The van der Waals surface area contributed by atoms with Gasteiger partial charge in [-0.05, 0) is 60.4 Å². The Morgan fingerprint density at radius 2 is 1.59 bits per heavy atom. The lowest BCUT2D eigenvalue weighted by Crippen LogP contribution is -2.36. The Hall–Kier alpha value is -4.64. The molecule has 0 unspecified atom stereocenters. The van der Waals surface area contributed by atoms with E-state index in [1.54, 1.807) is 23.1 Å². The summed E-state index contributed by atoms with van der Waals surface area (Å²) < 4.78 is 6.00. The van der Waals surface area contributed by atoms with Gasteiger partial charge < -0.3 is 10.1 Å². The SMILES string of the molecule is Cc1cccc(CN2C(=O)C(=Cc3ccc(C(=O)NCCc4ccccc4)cc3)Oc3ccccc32)c1. The maximum atomic E-state index is 13.5. The second kappa shape index (κ2) is 11.0. The summed E-state index contributed by atoms with van der Waals surface area (Å²) >= 11 is 0. The molecule has 1 heterocycles. The van der Waals surface area contributed by atoms with Gasteiger partial charge in [-0.1, -0.05) is 84.4 Å². The highest BCUT2D eigenvalue weighted by atomic mass is 16.5. The molecular weight excluding hydrogens is 460 g/mol. The Balaban J connectivity index is 1.30. The minimum atomic E-state index is -0.206. The lowest BCUT2D eigenvalue weighted by molar-refractivity contribution is -0.117. The minimum absolute atomic E-state index is 0.126. The summed E-state index contributed by atoms with van der Waals surface area (Å²) in [5.41, 5.74) is 5.46. The lowest BCUT2D eigenvalue weighted by atomic mass is 10.1. The van der Waals surface area contributed by atoms with Gasteiger partial charge in [0.15, 0.2) is 11.5 Å². The largest absolute Gasteiger partial charge is 0.449 e. The van der Waals surface area contributed by atoms with Gasteiger partial charge in [0.1, 0.15) is 0 Å². The Morgan fingerprint density at radius 3 is 2.38 bits per heavy atom. The molecule has 1 aliphatic heterocycles. The van der Waals surface area contributed by atoms with Crippen molar-refractivity contribution in [2.24, 2.45) is 0 Å². The third kappa shape index (κ3) is 5.78. The number of hydrogen-bond acceptors (Lipinski definition) is 3. The predicted octanol–water partition coefficient (Wildman–Crippen LogP) is 5.93. The molecule has 5 rings (SSSR count). The number of fused-ring (bicyclic) bond motifs is 1. The highest BCUT2D eigenvalue weighted by Crippen LogP contribution is 2.36. The molecule has 0 radical (unpaired) electrons. The molecule has 1 aliphatic rings. The first-order valence-electron chi connectivity index (χ1n) is 12.3. The van der Waals surface area contributed by atoms with Gasteiger partial charge in [0.25, 0.3) is 11.8 Å². The normalized spacial score (nSPS) is 13.7. The molecule has 0 fully saturated rings. The smallest absolute Gasteiger partial charge is 0.294 e. The van der Waals surface area contributed by atoms with Crippen molar-refractivity contribution in [2.45, 2.75) is 19.9 Å². The summed E-state index contributed by atoms with van der Waals surface area (Å²) in [5, 5.41) is 2.96. The van der Waals surface area contributed by atoms with Crippen molar-refractivity contribution in [2.75, 3.05) is 11.4 Å². The molecule has 37 heavy (non-hydrogen) atoms. The summed E-state index contributed by atoms with van der Waals surface area (Å²) in [6.45, 7) is 3.05. The number of aryl methyl sites for hydroxylation is 1. The van der Waals surface area contributed by atoms with Crippen molar-refractivity contribution in [1.29, 1.82) is 0 Å². The third-order valence-electron chi connectivity index (χ3n) is 6.27. The van der Waals surface area contributed by atoms with Gasteiger partial charge in [-0.15, -0.1) is 0 Å². The molecule has 1 N–H and O–H groups in total. The summed E-state index contributed by atoms with van der Waals surface area (Å²) in [6.07, 6.45) is 2.50. The van der Waals surface area contributed by atoms with E-state index in [9.17, 15) is 9.59 Å². The minimum Gasteiger partial charge on any atom is -0.449 e. The number of carbonyl (C=O) groups excluding carboxylic acids is 2. The van der Waals surface area contributed by atoms with Crippen LogP contribution in [-0.4, -0.2) is 18.4 Å². The van der Waals surface area contributed by atoms with Crippen LogP contribution in [0.15, 0.2) is 109 Å². The van der Waals surface area contributed by atoms with E-state index in [0.717, 1.165) is 28.8 Å². The van der Waals surface area contributed by atoms with E-state index in [0.29, 0.717) is 24.4 Å². The number of carbonyl (C=O) groups is 2. The average molecular weight is 489 g/mol. The van der Waals surface area contributed by atoms with Gasteiger partial charge in [0.2, 0.25) is 0 Å². The second-order valence-corrected chi connectivity index (χ2v) is 9.07. The number of ether oxygens (including phenoxy) is 1. The molecular formula is C32H28N2O3.